The molecule has 0 saturated carbocycles. The number of nitrogens with one attached hydrogen (secondary N) is 1. The van der Waals surface area contributed by atoms with Crippen LogP contribution in [0.4, 0.5) is 10.1 Å². The molecule has 1 heterocycles. The van der Waals surface area contributed by atoms with Crippen molar-refractivity contribution in [1.82, 2.24) is 0 Å². The number of hydrogen-bond donors (Lipinski definition) is 1. The molecule has 3 nitrogen and oxygen atoms in total. The Morgan fingerprint density at radius 1 is 1.41 bits per heavy atom. The summed E-state index contributed by atoms with van der Waals surface area (Å²) < 4.78 is 18.6. The summed E-state index contributed by atoms with van der Waals surface area (Å²) in [5, 5.41) is 11.7. The fourth-order valence-electron chi connectivity index (χ4n) is 1.54. The lowest BCUT2D eigenvalue weighted by atomic mass is 10.1. The summed E-state index contributed by atoms with van der Waals surface area (Å²) in [6.07, 6.45) is 3.18. The summed E-state index contributed by atoms with van der Waals surface area (Å²) in [7, 11) is 0. The Kier molecular flexibility index (Phi) is 3.10. The minimum Gasteiger partial charge on any atom is -0.472 e. The van der Waals surface area contributed by atoms with Crippen molar-refractivity contribution in [3.05, 3.63) is 53.7 Å². The van der Waals surface area contributed by atoms with Crippen LogP contribution in [-0.2, 0) is 0 Å². The van der Waals surface area contributed by atoms with E-state index in [1.807, 2.05) is 19.1 Å². The topological polar surface area (TPSA) is 49.0 Å². The SMILES string of the molecule is CC(Nc1ccc(C#N)cc1F)c1ccoc1. The van der Waals surface area contributed by atoms with Crippen LogP contribution in [0, 0.1) is 17.1 Å². The Morgan fingerprint density at radius 3 is 2.82 bits per heavy atom. The molecule has 1 aromatic heterocycles. The van der Waals surface area contributed by atoms with Gasteiger partial charge in [-0.25, -0.2) is 4.39 Å². The van der Waals surface area contributed by atoms with Crippen molar-refractivity contribution in [2.45, 2.75) is 13.0 Å². The van der Waals surface area contributed by atoms with Crippen LogP contribution in [-0.4, -0.2) is 0 Å². The molecule has 0 radical (unpaired) electrons. The molecule has 0 aliphatic heterocycles. The van der Waals surface area contributed by atoms with E-state index in [0.29, 0.717) is 11.3 Å². The first-order valence-electron chi connectivity index (χ1n) is 5.19. The van der Waals surface area contributed by atoms with Crippen LogP contribution >= 0.6 is 0 Å². The number of halogens is 1. The highest BCUT2D eigenvalue weighted by Crippen LogP contribution is 2.22. The maximum atomic E-state index is 13.6. The van der Waals surface area contributed by atoms with Crippen molar-refractivity contribution in [3.63, 3.8) is 0 Å². The minimum atomic E-state index is -0.431. The van der Waals surface area contributed by atoms with Crippen LogP contribution in [0.25, 0.3) is 0 Å². The first kappa shape index (κ1) is 11.2. The lowest BCUT2D eigenvalue weighted by molar-refractivity contribution is 0.562. The van der Waals surface area contributed by atoms with E-state index in [2.05, 4.69) is 5.32 Å². The van der Waals surface area contributed by atoms with Gasteiger partial charge in [0, 0.05) is 5.56 Å². The largest absolute Gasteiger partial charge is 0.472 e. The third-order valence-electron chi connectivity index (χ3n) is 2.51. The monoisotopic (exact) mass is 230 g/mol. The predicted molar refractivity (Wildman–Crippen MR) is 61.9 cm³/mol. The van der Waals surface area contributed by atoms with Crippen LogP contribution in [0.15, 0.2) is 41.2 Å². The van der Waals surface area contributed by atoms with Crippen molar-refractivity contribution in [2.24, 2.45) is 0 Å². The molecular weight excluding hydrogens is 219 g/mol. The Labute approximate surface area is 98.5 Å². The van der Waals surface area contributed by atoms with Crippen LogP contribution in [0.1, 0.15) is 24.1 Å². The molecule has 0 fully saturated rings. The van der Waals surface area contributed by atoms with Crippen molar-refractivity contribution in [2.75, 3.05) is 5.32 Å². The summed E-state index contributed by atoms with van der Waals surface area (Å²) in [6, 6.07) is 8.00. The number of anilines is 1. The van der Waals surface area contributed by atoms with Gasteiger partial charge in [-0.05, 0) is 31.2 Å². The number of rotatable bonds is 3. The predicted octanol–water partition coefficient (Wildman–Crippen LogP) is 3.46. The second kappa shape index (κ2) is 4.71. The van der Waals surface area contributed by atoms with E-state index in [1.165, 1.54) is 6.07 Å². The first-order valence-corrected chi connectivity index (χ1v) is 5.19. The van der Waals surface area contributed by atoms with Crippen LogP contribution in [0.2, 0.25) is 0 Å². The quantitative estimate of drug-likeness (QED) is 0.878. The summed E-state index contributed by atoms with van der Waals surface area (Å²) >= 11 is 0. The van der Waals surface area contributed by atoms with Gasteiger partial charge in [0.15, 0.2) is 0 Å². The lowest BCUT2D eigenvalue weighted by Crippen LogP contribution is -2.07. The van der Waals surface area contributed by atoms with Gasteiger partial charge in [0.1, 0.15) is 5.82 Å². The van der Waals surface area contributed by atoms with Gasteiger partial charge in [-0.2, -0.15) is 5.26 Å². The molecule has 86 valence electrons. The zero-order valence-corrected chi connectivity index (χ0v) is 9.27. The molecule has 1 atom stereocenters. The molecule has 4 heteroatoms. The van der Waals surface area contributed by atoms with Gasteiger partial charge in [-0.3, -0.25) is 0 Å². The minimum absolute atomic E-state index is 0.0591. The number of hydrogen-bond acceptors (Lipinski definition) is 3. The average molecular weight is 230 g/mol. The molecule has 17 heavy (non-hydrogen) atoms. The molecular formula is C13H11FN2O. The fourth-order valence-corrected chi connectivity index (χ4v) is 1.54. The molecule has 2 rings (SSSR count). The van der Waals surface area contributed by atoms with Gasteiger partial charge < -0.3 is 9.73 Å². The highest BCUT2D eigenvalue weighted by atomic mass is 19.1. The summed E-state index contributed by atoms with van der Waals surface area (Å²) in [5.41, 5.74) is 1.62. The molecule has 0 spiro atoms. The maximum absolute atomic E-state index is 13.6. The van der Waals surface area contributed by atoms with E-state index in [0.717, 1.165) is 5.56 Å². The fraction of sp³-hybridized carbons (Fsp3) is 0.154. The van der Waals surface area contributed by atoms with Crippen molar-refractivity contribution < 1.29 is 8.81 Å². The molecule has 1 aromatic carbocycles. The number of furan rings is 1. The van der Waals surface area contributed by atoms with Gasteiger partial charge in [0.2, 0.25) is 0 Å². The smallest absolute Gasteiger partial charge is 0.147 e. The van der Waals surface area contributed by atoms with E-state index < -0.39 is 5.82 Å². The van der Waals surface area contributed by atoms with Crippen molar-refractivity contribution in [3.8, 4) is 6.07 Å². The summed E-state index contributed by atoms with van der Waals surface area (Å²) in [5.74, 6) is -0.431. The number of nitriles is 1. The van der Waals surface area contributed by atoms with Crippen molar-refractivity contribution in [1.29, 1.82) is 5.26 Å². The lowest BCUT2D eigenvalue weighted by Gasteiger charge is -2.14. The second-order valence-corrected chi connectivity index (χ2v) is 3.73. The Hall–Kier alpha value is -2.28. The highest BCUT2D eigenvalue weighted by Gasteiger charge is 2.09. The Balaban J connectivity index is 2.17. The van der Waals surface area contributed by atoms with Crippen LogP contribution in [0.3, 0.4) is 0 Å². The molecule has 0 aliphatic rings. The molecule has 2 aromatic rings. The zero-order chi connectivity index (χ0) is 12.3. The molecule has 0 saturated heterocycles. The second-order valence-electron chi connectivity index (χ2n) is 3.73. The molecule has 0 amide bonds. The standard InChI is InChI=1S/C13H11FN2O/c1-9(11-4-5-17-8-11)16-13-3-2-10(7-15)6-12(13)14/h2-6,8-9,16H,1H3. The third kappa shape index (κ3) is 2.45. The van der Waals surface area contributed by atoms with Crippen LogP contribution in [0.5, 0.6) is 0 Å². The average Bonchev–Trinajstić information content (AvgIpc) is 2.85. The zero-order valence-electron chi connectivity index (χ0n) is 9.27. The van der Waals surface area contributed by atoms with Crippen LogP contribution < -0.4 is 5.32 Å². The van der Waals surface area contributed by atoms with E-state index in [9.17, 15) is 4.39 Å². The highest BCUT2D eigenvalue weighted by molar-refractivity contribution is 5.50. The third-order valence-corrected chi connectivity index (χ3v) is 2.51. The van der Waals surface area contributed by atoms with E-state index in [1.54, 1.807) is 24.7 Å². The molecule has 1 N–H and O–H groups in total. The van der Waals surface area contributed by atoms with E-state index in [4.69, 9.17) is 9.68 Å². The normalized spacial score (nSPS) is 11.8. The Morgan fingerprint density at radius 2 is 2.24 bits per heavy atom. The van der Waals surface area contributed by atoms with Gasteiger partial charge in [-0.15, -0.1) is 0 Å². The molecule has 1 unspecified atom stereocenters. The van der Waals surface area contributed by atoms with Gasteiger partial charge in [0.25, 0.3) is 0 Å². The number of benzene rings is 1. The maximum Gasteiger partial charge on any atom is 0.147 e. The molecule has 0 bridgehead atoms. The van der Waals surface area contributed by atoms with Gasteiger partial charge >= 0.3 is 0 Å². The van der Waals surface area contributed by atoms with Gasteiger partial charge in [-0.1, -0.05) is 0 Å². The van der Waals surface area contributed by atoms with Gasteiger partial charge in [0.05, 0.1) is 35.9 Å². The Bertz CT molecular complexity index is 543. The number of nitrogens with zero attached hydrogens (tertiary/aromatic N) is 1. The first-order chi connectivity index (χ1) is 8.20. The van der Waals surface area contributed by atoms with E-state index in [-0.39, 0.29) is 6.04 Å². The molecule has 0 aliphatic carbocycles. The summed E-state index contributed by atoms with van der Waals surface area (Å²) in [4.78, 5) is 0. The van der Waals surface area contributed by atoms with Crippen molar-refractivity contribution >= 4 is 5.69 Å². The van der Waals surface area contributed by atoms with E-state index >= 15 is 0 Å². The summed E-state index contributed by atoms with van der Waals surface area (Å²) in [6.45, 7) is 1.91.